The molecular formula is C10H17NO. The normalized spacial score (nSPS) is 12.2. The summed E-state index contributed by atoms with van der Waals surface area (Å²) in [5, 5.41) is 0. The van der Waals surface area contributed by atoms with Gasteiger partial charge in [0.1, 0.15) is 0 Å². The van der Waals surface area contributed by atoms with Crippen LogP contribution in [0.4, 0.5) is 0 Å². The van der Waals surface area contributed by atoms with Gasteiger partial charge in [-0.2, -0.15) is 0 Å². The van der Waals surface area contributed by atoms with E-state index in [0.717, 1.165) is 5.57 Å². The second-order valence-corrected chi connectivity index (χ2v) is 2.93. The molecule has 2 nitrogen and oxygen atoms in total. The summed E-state index contributed by atoms with van der Waals surface area (Å²) in [5.41, 5.74) is 0.815. The van der Waals surface area contributed by atoms with Crippen LogP contribution in [0.2, 0.25) is 0 Å². The van der Waals surface area contributed by atoms with Crippen molar-refractivity contribution >= 4 is 5.78 Å². The van der Waals surface area contributed by atoms with Gasteiger partial charge in [-0.15, -0.1) is 0 Å². The quantitative estimate of drug-likeness (QED) is 0.471. The lowest BCUT2D eigenvalue weighted by Gasteiger charge is -2.01. The van der Waals surface area contributed by atoms with Crippen LogP contribution in [0.3, 0.4) is 0 Å². The summed E-state index contributed by atoms with van der Waals surface area (Å²) >= 11 is 0. The van der Waals surface area contributed by atoms with Crippen molar-refractivity contribution in [2.45, 2.75) is 20.3 Å². The first-order valence-corrected chi connectivity index (χ1v) is 4.12. The Labute approximate surface area is 74.6 Å². The maximum absolute atomic E-state index is 11.1. The third-order valence-electron chi connectivity index (χ3n) is 1.49. The molecule has 0 aromatic carbocycles. The fourth-order valence-corrected chi connectivity index (χ4v) is 0.731. The van der Waals surface area contributed by atoms with Gasteiger partial charge in [-0.25, -0.2) is 0 Å². The fraction of sp³-hybridized carbons (Fsp3) is 0.500. The second kappa shape index (κ2) is 5.58. The zero-order valence-electron chi connectivity index (χ0n) is 8.29. The van der Waals surface area contributed by atoms with Crippen molar-refractivity contribution in [3.05, 3.63) is 23.9 Å². The molecule has 0 heterocycles. The monoisotopic (exact) mass is 167 g/mol. The van der Waals surface area contributed by atoms with Crippen molar-refractivity contribution in [3.8, 4) is 0 Å². The van der Waals surface area contributed by atoms with E-state index in [0.29, 0.717) is 6.42 Å². The van der Waals surface area contributed by atoms with E-state index in [1.54, 1.807) is 0 Å². The molecule has 0 aliphatic rings. The summed E-state index contributed by atoms with van der Waals surface area (Å²) in [4.78, 5) is 13.0. The van der Waals surface area contributed by atoms with Crippen LogP contribution < -0.4 is 0 Å². The SMILES string of the molecule is CCC(=O)/C(C)=C\C=C\N(C)C. The summed E-state index contributed by atoms with van der Waals surface area (Å²) in [6.45, 7) is 3.71. The highest BCUT2D eigenvalue weighted by atomic mass is 16.1. The molecule has 0 N–H and O–H groups in total. The molecule has 0 bridgehead atoms. The van der Waals surface area contributed by atoms with Crippen LogP contribution in [-0.4, -0.2) is 24.8 Å². The minimum atomic E-state index is 0.207. The molecule has 0 amide bonds. The highest BCUT2D eigenvalue weighted by Gasteiger charge is 1.97. The Hall–Kier alpha value is -1.05. The first-order valence-electron chi connectivity index (χ1n) is 4.12. The van der Waals surface area contributed by atoms with Crippen molar-refractivity contribution in [2.24, 2.45) is 0 Å². The van der Waals surface area contributed by atoms with Gasteiger partial charge in [0, 0.05) is 20.5 Å². The molecule has 0 fully saturated rings. The van der Waals surface area contributed by atoms with Crippen molar-refractivity contribution in [3.63, 3.8) is 0 Å². The predicted molar refractivity (Wildman–Crippen MR) is 51.9 cm³/mol. The van der Waals surface area contributed by atoms with Crippen LogP contribution in [0.5, 0.6) is 0 Å². The number of hydrogen-bond donors (Lipinski definition) is 0. The number of allylic oxidation sites excluding steroid dienone is 3. The van der Waals surface area contributed by atoms with Gasteiger partial charge in [0.2, 0.25) is 0 Å². The van der Waals surface area contributed by atoms with Gasteiger partial charge in [-0.3, -0.25) is 4.79 Å². The molecule has 0 atom stereocenters. The average Bonchev–Trinajstić information content (AvgIpc) is 2.02. The molecule has 0 saturated heterocycles. The Morgan fingerprint density at radius 1 is 1.42 bits per heavy atom. The van der Waals surface area contributed by atoms with E-state index in [4.69, 9.17) is 0 Å². The van der Waals surface area contributed by atoms with Gasteiger partial charge in [0.15, 0.2) is 5.78 Å². The Kier molecular flexibility index (Phi) is 5.09. The summed E-state index contributed by atoms with van der Waals surface area (Å²) in [6.07, 6.45) is 6.21. The highest BCUT2D eigenvalue weighted by Crippen LogP contribution is 1.98. The summed E-state index contributed by atoms with van der Waals surface area (Å²) in [5.74, 6) is 0.207. The van der Waals surface area contributed by atoms with Crippen LogP contribution in [0, 0.1) is 0 Å². The van der Waals surface area contributed by atoms with Crippen molar-refractivity contribution < 1.29 is 4.79 Å². The van der Waals surface area contributed by atoms with Crippen LogP contribution >= 0.6 is 0 Å². The van der Waals surface area contributed by atoms with Gasteiger partial charge in [0.05, 0.1) is 0 Å². The average molecular weight is 167 g/mol. The first kappa shape index (κ1) is 11.0. The Morgan fingerprint density at radius 2 is 2.00 bits per heavy atom. The number of nitrogens with zero attached hydrogens (tertiary/aromatic N) is 1. The van der Waals surface area contributed by atoms with Gasteiger partial charge < -0.3 is 4.90 Å². The lowest BCUT2D eigenvalue weighted by molar-refractivity contribution is -0.115. The molecule has 0 aromatic heterocycles. The number of hydrogen-bond acceptors (Lipinski definition) is 2. The van der Waals surface area contributed by atoms with Crippen LogP contribution in [0.1, 0.15) is 20.3 Å². The Morgan fingerprint density at radius 3 is 2.42 bits per heavy atom. The van der Waals surface area contributed by atoms with Gasteiger partial charge in [0.25, 0.3) is 0 Å². The molecule has 0 aliphatic carbocycles. The molecule has 0 spiro atoms. The largest absolute Gasteiger partial charge is 0.383 e. The van der Waals surface area contributed by atoms with E-state index < -0.39 is 0 Å². The minimum Gasteiger partial charge on any atom is -0.383 e. The number of ketones is 1. The number of rotatable bonds is 4. The maximum Gasteiger partial charge on any atom is 0.158 e. The van der Waals surface area contributed by atoms with E-state index >= 15 is 0 Å². The van der Waals surface area contributed by atoms with E-state index in [2.05, 4.69) is 0 Å². The third-order valence-corrected chi connectivity index (χ3v) is 1.49. The molecule has 0 aromatic rings. The second-order valence-electron chi connectivity index (χ2n) is 2.93. The standard InChI is InChI=1S/C10H17NO/c1-5-10(12)9(2)7-6-8-11(3)4/h6-8H,5H2,1-4H3/b8-6+,9-7-. The predicted octanol–water partition coefficient (Wildman–Crippen LogP) is 1.99. The molecule has 0 rings (SSSR count). The topological polar surface area (TPSA) is 20.3 Å². The third kappa shape index (κ3) is 4.72. The highest BCUT2D eigenvalue weighted by molar-refractivity contribution is 5.94. The van der Waals surface area contributed by atoms with E-state index in [9.17, 15) is 4.79 Å². The molecule has 12 heavy (non-hydrogen) atoms. The van der Waals surface area contributed by atoms with Crippen LogP contribution in [0.15, 0.2) is 23.9 Å². The maximum atomic E-state index is 11.1. The summed E-state index contributed by atoms with van der Waals surface area (Å²) < 4.78 is 0. The van der Waals surface area contributed by atoms with Crippen LogP contribution in [0.25, 0.3) is 0 Å². The van der Waals surface area contributed by atoms with Crippen molar-refractivity contribution in [1.29, 1.82) is 0 Å². The van der Waals surface area contributed by atoms with E-state index in [1.165, 1.54) is 0 Å². The lowest BCUT2D eigenvalue weighted by Crippen LogP contribution is -2.00. The van der Waals surface area contributed by atoms with E-state index in [-0.39, 0.29) is 5.78 Å². The first-order chi connectivity index (χ1) is 5.57. The Bertz CT molecular complexity index is 202. The summed E-state index contributed by atoms with van der Waals surface area (Å²) in [6, 6.07) is 0. The lowest BCUT2D eigenvalue weighted by atomic mass is 10.1. The number of carbonyl (C=O) groups is 1. The van der Waals surface area contributed by atoms with Crippen LogP contribution in [-0.2, 0) is 4.79 Å². The molecular weight excluding hydrogens is 150 g/mol. The number of Topliss-reactive ketones (excluding diaryl/α,β-unsaturated/α-hetero) is 1. The molecule has 0 aliphatic heterocycles. The summed E-state index contributed by atoms with van der Waals surface area (Å²) in [7, 11) is 3.89. The Balaban J connectivity index is 4.09. The van der Waals surface area contributed by atoms with Crippen molar-refractivity contribution in [1.82, 2.24) is 4.90 Å². The zero-order valence-corrected chi connectivity index (χ0v) is 8.29. The molecule has 0 saturated carbocycles. The molecule has 68 valence electrons. The zero-order chi connectivity index (χ0) is 9.56. The molecule has 2 heteroatoms. The fourth-order valence-electron chi connectivity index (χ4n) is 0.731. The van der Waals surface area contributed by atoms with Crippen molar-refractivity contribution in [2.75, 3.05) is 14.1 Å². The minimum absolute atomic E-state index is 0.207. The molecule has 0 radical (unpaired) electrons. The number of carbonyl (C=O) groups excluding carboxylic acids is 1. The van der Waals surface area contributed by atoms with Gasteiger partial charge in [-0.05, 0) is 24.8 Å². The smallest absolute Gasteiger partial charge is 0.158 e. The van der Waals surface area contributed by atoms with Gasteiger partial charge in [-0.1, -0.05) is 13.0 Å². The van der Waals surface area contributed by atoms with E-state index in [1.807, 2.05) is 51.2 Å². The van der Waals surface area contributed by atoms with Gasteiger partial charge >= 0.3 is 0 Å². The molecule has 0 unspecified atom stereocenters.